The number of urea groups is 1. The SMILES string of the molecule is CCCCCN(Cc1ccc(-c2ccccc2-c2nn[nH]n2)cc1)C(=O)N1C[C@@H](CC(=O)C(CC(C)C)C(=O)CO)C[C@H]1C(=O)O. The predicted molar refractivity (Wildman–Crippen MR) is 171 cm³/mol. The second-order valence-electron chi connectivity index (χ2n) is 12.5. The average molecular weight is 633 g/mol. The molecule has 0 spiro atoms. The molecule has 46 heavy (non-hydrogen) atoms. The molecule has 0 saturated carbocycles. The van der Waals surface area contributed by atoms with E-state index in [0.717, 1.165) is 41.5 Å². The molecule has 4 rings (SSSR count). The Bertz CT molecular complexity index is 1480. The smallest absolute Gasteiger partial charge is 0.326 e. The molecular weight excluding hydrogens is 588 g/mol. The number of hydrogen-bond acceptors (Lipinski definition) is 8. The number of aromatic amines is 1. The largest absolute Gasteiger partial charge is 0.480 e. The zero-order valence-electron chi connectivity index (χ0n) is 26.8. The van der Waals surface area contributed by atoms with Crippen molar-refractivity contribution in [1.29, 1.82) is 0 Å². The lowest BCUT2D eigenvalue weighted by atomic mass is 9.85. The summed E-state index contributed by atoms with van der Waals surface area (Å²) < 4.78 is 0. The zero-order valence-corrected chi connectivity index (χ0v) is 26.8. The maximum atomic E-state index is 14.0. The Morgan fingerprint density at radius 2 is 1.74 bits per heavy atom. The molecule has 1 fully saturated rings. The first-order chi connectivity index (χ1) is 22.1. The van der Waals surface area contributed by atoms with E-state index in [-0.39, 0.29) is 37.1 Å². The molecule has 3 aromatic rings. The Morgan fingerprint density at radius 1 is 1.02 bits per heavy atom. The second kappa shape index (κ2) is 16.2. The molecular formula is C34H44N6O6. The van der Waals surface area contributed by atoms with Gasteiger partial charge in [0.15, 0.2) is 5.78 Å². The molecule has 0 bridgehead atoms. The van der Waals surface area contributed by atoms with Gasteiger partial charge < -0.3 is 20.0 Å². The van der Waals surface area contributed by atoms with Crippen LogP contribution in [0.4, 0.5) is 4.79 Å². The molecule has 0 aliphatic carbocycles. The van der Waals surface area contributed by atoms with Gasteiger partial charge >= 0.3 is 12.0 Å². The third kappa shape index (κ3) is 8.63. The maximum absolute atomic E-state index is 14.0. The number of carboxylic acids is 1. The monoisotopic (exact) mass is 632 g/mol. The molecule has 2 aromatic carbocycles. The third-order valence-corrected chi connectivity index (χ3v) is 8.50. The van der Waals surface area contributed by atoms with Crippen molar-refractivity contribution in [3.8, 4) is 22.5 Å². The Kier molecular flexibility index (Phi) is 12.1. The van der Waals surface area contributed by atoms with Gasteiger partial charge in [-0.15, -0.1) is 10.2 Å². The lowest BCUT2D eigenvalue weighted by Crippen LogP contribution is -2.48. The minimum absolute atomic E-state index is 0.0146. The van der Waals surface area contributed by atoms with Crippen LogP contribution in [0, 0.1) is 17.8 Å². The van der Waals surface area contributed by atoms with Crippen molar-refractivity contribution in [2.75, 3.05) is 19.7 Å². The molecule has 1 saturated heterocycles. The molecule has 1 unspecified atom stereocenters. The number of unbranched alkanes of at least 4 members (excludes halogenated alkanes) is 2. The summed E-state index contributed by atoms with van der Waals surface area (Å²) in [7, 11) is 0. The van der Waals surface area contributed by atoms with Crippen LogP contribution in [0.3, 0.4) is 0 Å². The number of amides is 2. The van der Waals surface area contributed by atoms with Gasteiger partial charge in [0.25, 0.3) is 0 Å². The van der Waals surface area contributed by atoms with Gasteiger partial charge in [-0.05, 0) is 53.0 Å². The number of tetrazole rings is 1. The number of benzene rings is 2. The number of hydrogen-bond donors (Lipinski definition) is 3. The Balaban J connectivity index is 1.51. The molecule has 3 atom stereocenters. The van der Waals surface area contributed by atoms with E-state index in [1.54, 1.807) is 4.90 Å². The number of aliphatic carboxylic acids is 1. The molecule has 246 valence electrons. The van der Waals surface area contributed by atoms with E-state index in [4.69, 9.17) is 0 Å². The van der Waals surface area contributed by atoms with Crippen LogP contribution < -0.4 is 0 Å². The average Bonchev–Trinajstić information content (AvgIpc) is 3.74. The molecule has 0 radical (unpaired) electrons. The van der Waals surface area contributed by atoms with Crippen LogP contribution in [0.5, 0.6) is 0 Å². The Morgan fingerprint density at radius 3 is 2.35 bits per heavy atom. The van der Waals surface area contributed by atoms with Crippen molar-refractivity contribution < 1.29 is 29.4 Å². The van der Waals surface area contributed by atoms with Crippen LogP contribution in [0.1, 0.15) is 64.9 Å². The topological polar surface area (TPSA) is 170 Å². The predicted octanol–water partition coefficient (Wildman–Crippen LogP) is 4.60. The minimum Gasteiger partial charge on any atom is -0.480 e. The fraction of sp³-hybridized carbons (Fsp3) is 0.500. The second-order valence-corrected chi connectivity index (χ2v) is 12.5. The number of carboxylic acid groups (broad SMARTS) is 1. The first-order valence-electron chi connectivity index (χ1n) is 16.0. The number of rotatable bonds is 16. The summed E-state index contributed by atoms with van der Waals surface area (Å²) in [4.78, 5) is 54.8. The zero-order chi connectivity index (χ0) is 33.2. The quantitative estimate of drug-likeness (QED) is 0.151. The Hall–Kier alpha value is -4.45. The molecule has 3 N–H and O–H groups in total. The van der Waals surface area contributed by atoms with E-state index < -0.39 is 36.2 Å². The number of H-pyrrole nitrogens is 1. The van der Waals surface area contributed by atoms with E-state index in [1.165, 1.54) is 4.90 Å². The lowest BCUT2D eigenvalue weighted by Gasteiger charge is -2.31. The van der Waals surface area contributed by atoms with Crippen molar-refractivity contribution in [1.82, 2.24) is 30.4 Å². The maximum Gasteiger partial charge on any atom is 0.326 e. The highest BCUT2D eigenvalue weighted by Crippen LogP contribution is 2.32. The van der Waals surface area contributed by atoms with Gasteiger partial charge in [-0.25, -0.2) is 9.59 Å². The molecule has 12 nitrogen and oxygen atoms in total. The first kappa shape index (κ1) is 34.4. The van der Waals surface area contributed by atoms with E-state index in [1.807, 2.05) is 62.4 Å². The third-order valence-electron chi connectivity index (χ3n) is 8.50. The van der Waals surface area contributed by atoms with Crippen LogP contribution in [0.15, 0.2) is 48.5 Å². The number of nitrogens with zero attached hydrogens (tertiary/aromatic N) is 5. The van der Waals surface area contributed by atoms with Gasteiger partial charge in [-0.3, -0.25) is 9.59 Å². The van der Waals surface area contributed by atoms with Crippen molar-refractivity contribution >= 4 is 23.6 Å². The summed E-state index contributed by atoms with van der Waals surface area (Å²) in [5.74, 6) is -2.71. The van der Waals surface area contributed by atoms with Crippen molar-refractivity contribution in [2.45, 2.75) is 71.9 Å². The lowest BCUT2D eigenvalue weighted by molar-refractivity contribution is -0.141. The normalized spacial score (nSPS) is 16.8. The highest BCUT2D eigenvalue weighted by Gasteiger charge is 2.42. The van der Waals surface area contributed by atoms with Crippen molar-refractivity contribution in [3.63, 3.8) is 0 Å². The number of ketones is 2. The number of nitrogens with one attached hydrogen (secondary N) is 1. The number of likely N-dealkylation sites (tertiary alicyclic amines) is 1. The summed E-state index contributed by atoms with van der Waals surface area (Å²) in [6, 6.07) is 14.2. The molecule has 1 aromatic heterocycles. The van der Waals surface area contributed by atoms with Crippen LogP contribution in [-0.4, -0.2) is 89.9 Å². The molecule has 2 amide bonds. The van der Waals surface area contributed by atoms with Crippen LogP contribution >= 0.6 is 0 Å². The van der Waals surface area contributed by atoms with Crippen molar-refractivity contribution in [2.24, 2.45) is 17.8 Å². The summed E-state index contributed by atoms with van der Waals surface area (Å²) in [5, 5.41) is 33.8. The van der Waals surface area contributed by atoms with E-state index >= 15 is 0 Å². The Labute approximate surface area is 269 Å². The standard InChI is InChI=1S/C34H44N6O6/c1-4-5-8-15-39(19-23-11-13-25(14-12-23)26-9-6-7-10-27(26)32-35-37-38-36-32)34(46)40-20-24(17-29(40)33(44)45)18-30(42)28(16-22(2)3)31(43)21-41/h6-7,9-14,22,24,28-29,41H,4-5,8,15-21H2,1-3H3,(H,44,45)(H,35,36,37,38)/t24-,28?,29+/m1/s1. The van der Waals surface area contributed by atoms with Crippen LogP contribution in [0.2, 0.25) is 0 Å². The minimum atomic E-state index is -1.12. The number of Topliss-reactive ketones (excluding diaryl/α,β-unsaturated/α-hetero) is 2. The number of carbonyl (C=O) groups excluding carboxylic acids is 3. The van der Waals surface area contributed by atoms with E-state index in [9.17, 15) is 29.4 Å². The van der Waals surface area contributed by atoms with Gasteiger partial charge in [0.05, 0.1) is 5.92 Å². The number of aliphatic hydroxyl groups excluding tert-OH is 1. The molecule has 2 heterocycles. The summed E-state index contributed by atoms with van der Waals surface area (Å²) in [6.45, 7) is 6.03. The highest BCUT2D eigenvalue weighted by molar-refractivity contribution is 6.03. The van der Waals surface area contributed by atoms with Gasteiger partial charge in [0.2, 0.25) is 5.82 Å². The van der Waals surface area contributed by atoms with E-state index in [2.05, 4.69) is 27.5 Å². The first-order valence-corrected chi connectivity index (χ1v) is 16.0. The van der Waals surface area contributed by atoms with Crippen LogP contribution in [-0.2, 0) is 20.9 Å². The summed E-state index contributed by atoms with van der Waals surface area (Å²) >= 11 is 0. The van der Waals surface area contributed by atoms with Gasteiger partial charge in [0, 0.05) is 31.6 Å². The van der Waals surface area contributed by atoms with E-state index in [0.29, 0.717) is 25.3 Å². The van der Waals surface area contributed by atoms with Crippen molar-refractivity contribution in [3.05, 3.63) is 54.1 Å². The number of aliphatic hydroxyl groups is 1. The summed E-state index contributed by atoms with van der Waals surface area (Å²) in [5.41, 5.74) is 3.60. The molecule has 1 aliphatic rings. The van der Waals surface area contributed by atoms with Gasteiger partial charge in [-0.1, -0.05) is 82.1 Å². The van der Waals surface area contributed by atoms with Crippen LogP contribution in [0.25, 0.3) is 22.5 Å². The van der Waals surface area contributed by atoms with Gasteiger partial charge in [0.1, 0.15) is 18.4 Å². The van der Waals surface area contributed by atoms with Gasteiger partial charge in [-0.2, -0.15) is 5.21 Å². The number of aromatic nitrogens is 4. The fourth-order valence-electron chi connectivity index (χ4n) is 6.16. The summed E-state index contributed by atoms with van der Waals surface area (Å²) in [6.07, 6.45) is 3.09. The number of carbonyl (C=O) groups is 4. The highest BCUT2D eigenvalue weighted by atomic mass is 16.4. The molecule has 12 heteroatoms. The fourth-order valence-corrected chi connectivity index (χ4v) is 6.16. The molecule has 1 aliphatic heterocycles.